The predicted molar refractivity (Wildman–Crippen MR) is 146 cm³/mol. The Kier molecular flexibility index (Phi) is 8.23. The van der Waals surface area contributed by atoms with Gasteiger partial charge in [0.05, 0.1) is 24.8 Å². The van der Waals surface area contributed by atoms with Crippen molar-refractivity contribution in [3.63, 3.8) is 0 Å². The number of carbonyl (C=O) groups is 1. The van der Waals surface area contributed by atoms with Crippen LogP contribution in [0.1, 0.15) is 24.8 Å². The zero-order valence-electron chi connectivity index (χ0n) is 21.4. The van der Waals surface area contributed by atoms with Gasteiger partial charge >= 0.3 is 0 Å². The van der Waals surface area contributed by atoms with Crippen molar-refractivity contribution < 1.29 is 22.7 Å². The molecule has 0 spiro atoms. The van der Waals surface area contributed by atoms with E-state index in [0.29, 0.717) is 17.2 Å². The number of piperidine rings is 1. The highest BCUT2D eigenvalue weighted by atomic mass is 32.2. The summed E-state index contributed by atoms with van der Waals surface area (Å²) in [4.78, 5) is 15.6. The second kappa shape index (κ2) is 11.6. The van der Waals surface area contributed by atoms with E-state index in [4.69, 9.17) is 9.47 Å². The number of methoxy groups -OCH3 is 2. The van der Waals surface area contributed by atoms with Crippen molar-refractivity contribution in [3.8, 4) is 11.5 Å². The molecule has 4 rings (SSSR count). The van der Waals surface area contributed by atoms with Crippen LogP contribution < -0.4 is 24.0 Å². The van der Waals surface area contributed by atoms with E-state index >= 15 is 0 Å². The zero-order valence-corrected chi connectivity index (χ0v) is 22.3. The van der Waals surface area contributed by atoms with Gasteiger partial charge in [-0.1, -0.05) is 17.7 Å². The monoisotopic (exact) mass is 523 g/mol. The maximum atomic E-state index is 13.8. The van der Waals surface area contributed by atoms with E-state index < -0.39 is 22.5 Å². The normalized spacial score (nSPS) is 13.6. The van der Waals surface area contributed by atoms with E-state index in [1.165, 1.54) is 45.6 Å². The van der Waals surface area contributed by atoms with Crippen LogP contribution in [0.25, 0.3) is 0 Å². The highest BCUT2D eigenvalue weighted by molar-refractivity contribution is 7.92. The minimum atomic E-state index is -4.11. The van der Waals surface area contributed by atoms with Crippen LogP contribution in [0, 0.1) is 6.92 Å². The fourth-order valence-corrected chi connectivity index (χ4v) is 5.79. The lowest BCUT2D eigenvalue weighted by Gasteiger charge is -2.29. The van der Waals surface area contributed by atoms with E-state index in [2.05, 4.69) is 10.2 Å². The Morgan fingerprint density at radius 1 is 0.919 bits per heavy atom. The second-order valence-corrected chi connectivity index (χ2v) is 10.9. The van der Waals surface area contributed by atoms with Crippen LogP contribution >= 0.6 is 0 Å². The van der Waals surface area contributed by atoms with Crippen molar-refractivity contribution in [1.29, 1.82) is 0 Å². The molecule has 0 bridgehead atoms. The van der Waals surface area contributed by atoms with E-state index in [1.54, 1.807) is 30.3 Å². The molecule has 1 saturated heterocycles. The lowest BCUT2D eigenvalue weighted by molar-refractivity contribution is -0.114. The number of hydrogen-bond donors (Lipinski definition) is 1. The number of aryl methyl sites for hydroxylation is 1. The number of hydrogen-bond acceptors (Lipinski definition) is 6. The Morgan fingerprint density at radius 3 is 2.22 bits per heavy atom. The van der Waals surface area contributed by atoms with Crippen LogP contribution in [-0.2, 0) is 14.8 Å². The molecule has 37 heavy (non-hydrogen) atoms. The largest absolute Gasteiger partial charge is 0.497 e. The van der Waals surface area contributed by atoms with Gasteiger partial charge in [-0.15, -0.1) is 0 Å². The lowest BCUT2D eigenvalue weighted by atomic mass is 10.1. The van der Waals surface area contributed by atoms with Gasteiger partial charge in [-0.2, -0.15) is 0 Å². The molecule has 1 amide bonds. The molecule has 1 fully saturated rings. The number of nitrogens with one attached hydrogen (secondary N) is 1. The Balaban J connectivity index is 1.61. The maximum Gasteiger partial charge on any atom is 0.264 e. The fraction of sp³-hybridized carbons (Fsp3) is 0.321. The first kappa shape index (κ1) is 26.3. The molecule has 0 unspecified atom stereocenters. The molecule has 8 nitrogen and oxygen atoms in total. The number of amides is 1. The highest BCUT2D eigenvalue weighted by Gasteiger charge is 2.30. The maximum absolute atomic E-state index is 13.8. The predicted octanol–water partition coefficient (Wildman–Crippen LogP) is 4.84. The van der Waals surface area contributed by atoms with Crippen LogP contribution in [0.4, 0.5) is 17.1 Å². The molecule has 1 N–H and O–H groups in total. The first-order chi connectivity index (χ1) is 17.8. The Morgan fingerprint density at radius 2 is 1.59 bits per heavy atom. The third-order valence-electron chi connectivity index (χ3n) is 6.42. The van der Waals surface area contributed by atoms with Crippen LogP contribution in [0.3, 0.4) is 0 Å². The van der Waals surface area contributed by atoms with Gasteiger partial charge in [0, 0.05) is 30.5 Å². The number of anilines is 3. The smallest absolute Gasteiger partial charge is 0.264 e. The average Bonchev–Trinajstić information content (AvgIpc) is 2.92. The van der Waals surface area contributed by atoms with Crippen LogP contribution in [-0.4, -0.2) is 48.2 Å². The molecule has 0 aromatic heterocycles. The van der Waals surface area contributed by atoms with Crippen LogP contribution in [0.5, 0.6) is 11.5 Å². The molecule has 0 saturated carbocycles. The van der Waals surface area contributed by atoms with E-state index in [0.717, 1.165) is 28.6 Å². The van der Waals surface area contributed by atoms with Gasteiger partial charge < -0.3 is 19.7 Å². The highest BCUT2D eigenvalue weighted by Crippen LogP contribution is 2.35. The molecule has 0 atom stereocenters. The van der Waals surface area contributed by atoms with Crippen LogP contribution in [0.15, 0.2) is 71.6 Å². The average molecular weight is 524 g/mol. The quantitative estimate of drug-likeness (QED) is 0.432. The second-order valence-electron chi connectivity index (χ2n) is 9.01. The molecule has 0 aliphatic carbocycles. The summed E-state index contributed by atoms with van der Waals surface area (Å²) >= 11 is 0. The molecular formula is C28H33N3O5S. The van der Waals surface area contributed by atoms with Crippen molar-refractivity contribution in [1.82, 2.24) is 0 Å². The van der Waals surface area contributed by atoms with Crippen molar-refractivity contribution in [3.05, 3.63) is 72.3 Å². The summed E-state index contributed by atoms with van der Waals surface area (Å²) in [7, 11) is -1.17. The van der Waals surface area contributed by atoms with E-state index in [9.17, 15) is 13.2 Å². The Bertz CT molecular complexity index is 1320. The molecule has 3 aromatic carbocycles. The number of carbonyl (C=O) groups excluding carboxylic acids is 1. The molecule has 3 aromatic rings. The van der Waals surface area contributed by atoms with Gasteiger partial charge in [0.15, 0.2) is 0 Å². The molecular weight excluding hydrogens is 490 g/mol. The van der Waals surface area contributed by atoms with Gasteiger partial charge in [-0.25, -0.2) is 8.42 Å². The topological polar surface area (TPSA) is 88.2 Å². The molecule has 1 aliphatic rings. The van der Waals surface area contributed by atoms with Gasteiger partial charge in [-0.3, -0.25) is 9.10 Å². The van der Waals surface area contributed by atoms with E-state index in [-0.39, 0.29) is 10.6 Å². The molecule has 0 radical (unpaired) electrons. The number of sulfonamides is 1. The summed E-state index contributed by atoms with van der Waals surface area (Å²) in [6.07, 6.45) is 3.61. The number of nitrogens with zero attached hydrogens (tertiary/aromatic N) is 2. The summed E-state index contributed by atoms with van der Waals surface area (Å²) in [6.45, 7) is 3.48. The van der Waals surface area contributed by atoms with Crippen molar-refractivity contribution >= 4 is 33.0 Å². The third-order valence-corrected chi connectivity index (χ3v) is 8.20. The third kappa shape index (κ3) is 6.17. The summed E-state index contributed by atoms with van der Waals surface area (Å²) in [5, 5.41) is 2.84. The van der Waals surface area contributed by atoms with Gasteiger partial charge in [0.2, 0.25) is 5.91 Å². The van der Waals surface area contributed by atoms with Crippen molar-refractivity contribution in [2.75, 3.05) is 48.4 Å². The van der Waals surface area contributed by atoms with Gasteiger partial charge in [0.25, 0.3) is 10.0 Å². The standard InChI is InChI=1S/C28H33N3O5S/c1-21-7-14-25(15-8-21)37(33,34)31(26-19-24(35-2)13-16-27(26)36-3)20-28(32)29-22-9-11-23(12-10-22)30-17-5-4-6-18-30/h7-16,19H,4-6,17-18,20H2,1-3H3,(H,29,32). The summed E-state index contributed by atoms with van der Waals surface area (Å²) in [6, 6.07) is 19.0. The Labute approximate surface area is 218 Å². The molecule has 1 heterocycles. The van der Waals surface area contributed by atoms with Crippen molar-refractivity contribution in [2.45, 2.75) is 31.1 Å². The van der Waals surface area contributed by atoms with Crippen molar-refractivity contribution in [2.24, 2.45) is 0 Å². The molecule has 9 heteroatoms. The minimum Gasteiger partial charge on any atom is -0.497 e. The van der Waals surface area contributed by atoms with Crippen LogP contribution in [0.2, 0.25) is 0 Å². The number of rotatable bonds is 9. The Hall–Kier alpha value is -3.72. The summed E-state index contributed by atoms with van der Waals surface area (Å²) in [5.41, 5.74) is 2.84. The molecule has 196 valence electrons. The lowest BCUT2D eigenvalue weighted by Crippen LogP contribution is -2.38. The first-order valence-corrected chi connectivity index (χ1v) is 13.7. The molecule has 1 aliphatic heterocycles. The zero-order chi connectivity index (χ0) is 26.4. The minimum absolute atomic E-state index is 0.0710. The SMILES string of the molecule is COc1ccc(OC)c(N(CC(=O)Nc2ccc(N3CCCCC3)cc2)S(=O)(=O)c2ccc(C)cc2)c1. The van der Waals surface area contributed by atoms with Gasteiger partial charge in [0.1, 0.15) is 18.0 Å². The summed E-state index contributed by atoms with van der Waals surface area (Å²) in [5.74, 6) is 0.259. The van der Waals surface area contributed by atoms with Gasteiger partial charge in [-0.05, 0) is 74.7 Å². The number of ether oxygens (including phenoxy) is 2. The summed E-state index contributed by atoms with van der Waals surface area (Å²) < 4.78 is 39.3. The fourth-order valence-electron chi connectivity index (χ4n) is 4.37. The number of benzene rings is 3. The first-order valence-electron chi connectivity index (χ1n) is 12.3. The van der Waals surface area contributed by atoms with E-state index in [1.807, 2.05) is 31.2 Å².